The van der Waals surface area contributed by atoms with E-state index in [-0.39, 0.29) is 12.2 Å². The van der Waals surface area contributed by atoms with Crippen LogP contribution in [-0.2, 0) is 9.16 Å². The molecule has 0 bridgehead atoms. The van der Waals surface area contributed by atoms with E-state index in [2.05, 4.69) is 58.4 Å². The van der Waals surface area contributed by atoms with Gasteiger partial charge in [0.2, 0.25) is 9.04 Å². The van der Waals surface area contributed by atoms with Crippen molar-refractivity contribution < 1.29 is 14.0 Å². The van der Waals surface area contributed by atoms with Gasteiger partial charge in [-0.15, -0.1) is 11.3 Å². The van der Waals surface area contributed by atoms with Crippen LogP contribution in [0, 0.1) is 0 Å². The van der Waals surface area contributed by atoms with Crippen LogP contribution in [0.25, 0.3) is 0 Å². The van der Waals surface area contributed by atoms with Crippen molar-refractivity contribution in [1.29, 1.82) is 0 Å². The van der Waals surface area contributed by atoms with Crippen molar-refractivity contribution in [1.82, 2.24) is 4.98 Å². The quantitative estimate of drug-likeness (QED) is 0.442. The van der Waals surface area contributed by atoms with Crippen molar-refractivity contribution in [3.05, 3.63) is 71.7 Å². The minimum absolute atomic E-state index is 0.0155. The van der Waals surface area contributed by atoms with Crippen molar-refractivity contribution >= 4 is 41.9 Å². The Kier molecular flexibility index (Phi) is 5.85. The first-order valence-corrected chi connectivity index (χ1v) is 11.9. The topological polar surface area (TPSA) is 51.7 Å². The van der Waals surface area contributed by atoms with Gasteiger partial charge in [-0.05, 0) is 17.3 Å². The zero-order valence-electron chi connectivity index (χ0n) is 15.7. The molecule has 144 valence electrons. The smallest absolute Gasteiger partial charge is 0.357 e. The molecule has 2 heterocycles. The van der Waals surface area contributed by atoms with Crippen LogP contribution < -0.4 is 15.3 Å². The van der Waals surface area contributed by atoms with Crippen LogP contribution in [0.2, 0.25) is 0 Å². The van der Waals surface area contributed by atoms with Crippen molar-refractivity contribution in [2.24, 2.45) is 0 Å². The molecule has 1 saturated heterocycles. The molecular weight excluding hydrogens is 388 g/mol. The average Bonchev–Trinajstić information content (AvgIpc) is 3.19. The van der Waals surface area contributed by atoms with Crippen LogP contribution in [0.4, 0.5) is 5.13 Å². The standard InChI is InChI=1S/C21H22N2O3SSi/c1-2-25-20(24)18-15-27-21(22-18)23-14-13-19(23)26-28(16-9-5-3-6-10-16)17-11-7-4-8-12-17/h3-12,15,19,28H,2,13-14H2,1H3. The van der Waals surface area contributed by atoms with Crippen molar-refractivity contribution in [3.63, 3.8) is 0 Å². The third kappa shape index (κ3) is 4.01. The summed E-state index contributed by atoms with van der Waals surface area (Å²) in [5.74, 6) is -0.371. The molecule has 0 radical (unpaired) electrons. The predicted molar refractivity (Wildman–Crippen MR) is 114 cm³/mol. The molecular formula is C21H22N2O3SSi. The normalized spacial score (nSPS) is 16.1. The fraction of sp³-hybridized carbons (Fsp3) is 0.238. The number of carbonyl (C=O) groups is 1. The van der Waals surface area contributed by atoms with Crippen LogP contribution >= 0.6 is 11.3 Å². The molecule has 0 spiro atoms. The fourth-order valence-electron chi connectivity index (χ4n) is 3.18. The first kappa shape index (κ1) is 18.9. The average molecular weight is 411 g/mol. The molecule has 1 aliphatic heterocycles. The van der Waals surface area contributed by atoms with Gasteiger partial charge < -0.3 is 14.1 Å². The molecule has 1 aromatic heterocycles. The van der Waals surface area contributed by atoms with Gasteiger partial charge in [0.15, 0.2) is 10.8 Å². The molecule has 4 rings (SSSR count). The molecule has 0 N–H and O–H groups in total. The molecule has 0 amide bonds. The highest BCUT2D eigenvalue weighted by Crippen LogP contribution is 2.30. The predicted octanol–water partition coefficient (Wildman–Crippen LogP) is 2.41. The molecule has 28 heavy (non-hydrogen) atoms. The Bertz CT molecular complexity index is 880. The Morgan fingerprint density at radius 1 is 1.14 bits per heavy atom. The minimum Gasteiger partial charge on any atom is -0.461 e. The molecule has 2 aromatic carbocycles. The van der Waals surface area contributed by atoms with Gasteiger partial charge in [-0.1, -0.05) is 60.7 Å². The van der Waals surface area contributed by atoms with Gasteiger partial charge in [0.25, 0.3) is 0 Å². The summed E-state index contributed by atoms with van der Waals surface area (Å²) in [6, 6.07) is 20.9. The van der Waals surface area contributed by atoms with Crippen LogP contribution in [-0.4, -0.2) is 39.4 Å². The second-order valence-corrected chi connectivity index (χ2v) is 9.71. The Balaban J connectivity index is 1.52. The maximum Gasteiger partial charge on any atom is 0.357 e. The number of benzene rings is 2. The van der Waals surface area contributed by atoms with E-state index in [1.54, 1.807) is 12.3 Å². The molecule has 5 nitrogen and oxygen atoms in total. The molecule has 0 saturated carbocycles. The monoisotopic (exact) mass is 410 g/mol. The zero-order chi connectivity index (χ0) is 19.3. The van der Waals surface area contributed by atoms with Crippen LogP contribution in [0.1, 0.15) is 23.8 Å². The van der Waals surface area contributed by atoms with Crippen molar-refractivity contribution in [2.45, 2.75) is 19.6 Å². The summed E-state index contributed by atoms with van der Waals surface area (Å²) in [6.45, 7) is 3.02. The van der Waals surface area contributed by atoms with E-state index in [0.29, 0.717) is 12.3 Å². The molecule has 1 unspecified atom stereocenters. The van der Waals surface area contributed by atoms with E-state index >= 15 is 0 Å². The summed E-state index contributed by atoms with van der Waals surface area (Å²) in [7, 11) is -1.82. The number of ether oxygens (including phenoxy) is 1. The van der Waals surface area contributed by atoms with E-state index in [4.69, 9.17) is 9.16 Å². The summed E-state index contributed by atoms with van der Waals surface area (Å²) in [5.41, 5.74) is 0.368. The maximum absolute atomic E-state index is 11.9. The Morgan fingerprint density at radius 3 is 2.32 bits per heavy atom. The van der Waals surface area contributed by atoms with E-state index in [1.807, 2.05) is 12.1 Å². The van der Waals surface area contributed by atoms with E-state index in [0.717, 1.165) is 18.1 Å². The SMILES string of the molecule is CCOC(=O)c1csc(N2CCC2O[SiH](c2ccccc2)c2ccccc2)n1. The number of hydrogen-bond donors (Lipinski definition) is 0. The number of carbonyl (C=O) groups excluding carboxylic acids is 1. The highest BCUT2D eigenvalue weighted by molar-refractivity contribution is 7.14. The summed E-state index contributed by atoms with van der Waals surface area (Å²) < 4.78 is 11.7. The summed E-state index contributed by atoms with van der Waals surface area (Å²) in [5, 5.41) is 5.08. The van der Waals surface area contributed by atoms with E-state index in [9.17, 15) is 4.79 Å². The Labute approximate surface area is 170 Å². The van der Waals surface area contributed by atoms with Crippen LogP contribution in [0.5, 0.6) is 0 Å². The van der Waals surface area contributed by atoms with E-state index in [1.165, 1.54) is 21.7 Å². The largest absolute Gasteiger partial charge is 0.461 e. The minimum atomic E-state index is -1.82. The first-order valence-electron chi connectivity index (χ1n) is 9.41. The van der Waals surface area contributed by atoms with Gasteiger partial charge in [-0.25, -0.2) is 9.78 Å². The molecule has 7 heteroatoms. The lowest BCUT2D eigenvalue weighted by Gasteiger charge is -2.42. The van der Waals surface area contributed by atoms with Crippen molar-refractivity contribution in [3.8, 4) is 0 Å². The number of nitrogens with zero attached hydrogens (tertiary/aromatic N) is 2. The third-order valence-electron chi connectivity index (χ3n) is 4.68. The number of aromatic nitrogens is 1. The lowest BCUT2D eigenvalue weighted by Crippen LogP contribution is -2.57. The number of thiazole rings is 1. The number of anilines is 1. The summed E-state index contributed by atoms with van der Waals surface area (Å²) >= 11 is 1.46. The lowest BCUT2D eigenvalue weighted by molar-refractivity contribution is 0.0520. The van der Waals surface area contributed by atoms with Crippen molar-refractivity contribution in [2.75, 3.05) is 18.1 Å². The number of hydrogen-bond acceptors (Lipinski definition) is 6. The van der Waals surface area contributed by atoms with Gasteiger partial charge in [-0.3, -0.25) is 0 Å². The maximum atomic E-state index is 11.9. The third-order valence-corrected chi connectivity index (χ3v) is 8.13. The molecule has 1 atom stereocenters. The van der Waals surface area contributed by atoms with Crippen LogP contribution in [0.3, 0.4) is 0 Å². The molecule has 0 aliphatic carbocycles. The number of rotatable bonds is 7. The summed E-state index contributed by atoms with van der Waals surface area (Å²) in [6.07, 6.45) is 0.940. The Hall–Kier alpha value is -2.48. The number of esters is 1. The van der Waals surface area contributed by atoms with Gasteiger partial charge in [0.1, 0.15) is 6.23 Å². The Morgan fingerprint density at radius 2 is 1.79 bits per heavy atom. The first-order chi connectivity index (χ1) is 13.8. The van der Waals surface area contributed by atoms with Gasteiger partial charge in [0.05, 0.1) is 6.61 Å². The molecule has 1 aliphatic rings. The van der Waals surface area contributed by atoms with E-state index < -0.39 is 9.04 Å². The second-order valence-electron chi connectivity index (χ2n) is 6.51. The van der Waals surface area contributed by atoms with Gasteiger partial charge in [0, 0.05) is 18.3 Å². The highest BCUT2D eigenvalue weighted by Gasteiger charge is 2.34. The van der Waals surface area contributed by atoms with Crippen LogP contribution in [0.15, 0.2) is 66.0 Å². The highest BCUT2D eigenvalue weighted by atomic mass is 32.1. The molecule has 1 fully saturated rings. The fourth-order valence-corrected chi connectivity index (χ4v) is 6.48. The van der Waals surface area contributed by atoms with Gasteiger partial charge in [-0.2, -0.15) is 0 Å². The van der Waals surface area contributed by atoms with Gasteiger partial charge >= 0.3 is 5.97 Å². The lowest BCUT2D eigenvalue weighted by atomic mass is 10.2. The summed E-state index contributed by atoms with van der Waals surface area (Å²) in [4.78, 5) is 18.5. The zero-order valence-corrected chi connectivity index (χ0v) is 17.6. The molecule has 3 aromatic rings. The second kappa shape index (κ2) is 8.68.